The number of rotatable bonds is 5. The molecule has 0 saturated carbocycles. The Hall–Kier alpha value is -3.15. The normalized spacial score (nSPS) is 15.2. The van der Waals surface area contributed by atoms with Crippen LogP contribution < -0.4 is 4.74 Å². The Kier molecular flexibility index (Phi) is 6.04. The lowest BCUT2D eigenvalue weighted by Crippen LogP contribution is -2.38. The van der Waals surface area contributed by atoms with Gasteiger partial charge in [0.25, 0.3) is 0 Å². The molecule has 3 heterocycles. The maximum absolute atomic E-state index is 12.5. The molecule has 1 aliphatic heterocycles. The van der Waals surface area contributed by atoms with Gasteiger partial charge in [-0.3, -0.25) is 4.79 Å². The minimum Gasteiger partial charge on any atom is -0.404 e. The molecule has 0 bridgehead atoms. The number of aromatic nitrogens is 4. The summed E-state index contributed by atoms with van der Waals surface area (Å²) >= 11 is 5.77. The van der Waals surface area contributed by atoms with Crippen LogP contribution in [0.25, 0.3) is 11.4 Å². The summed E-state index contributed by atoms with van der Waals surface area (Å²) in [7, 11) is 0. The summed E-state index contributed by atoms with van der Waals surface area (Å²) in [5.74, 6) is 0.471. The zero-order chi connectivity index (χ0) is 22.9. The van der Waals surface area contributed by atoms with Crippen molar-refractivity contribution in [2.75, 3.05) is 13.1 Å². The van der Waals surface area contributed by atoms with Crippen molar-refractivity contribution in [1.29, 1.82) is 0 Å². The first kappa shape index (κ1) is 22.1. The SMILES string of the molecule is Cc1noc(CC(=O)N2CCC(c3nc(-c4ccc(Cl)c(OC(F)(F)F)c4)no3)CC2)n1. The first-order valence-electron chi connectivity index (χ1n) is 9.64. The minimum atomic E-state index is -4.88. The van der Waals surface area contributed by atoms with Gasteiger partial charge in [-0.05, 0) is 38.0 Å². The molecule has 0 spiro atoms. The molecule has 1 saturated heterocycles. The molecule has 170 valence electrons. The van der Waals surface area contributed by atoms with Crippen LogP contribution in [0, 0.1) is 6.92 Å². The van der Waals surface area contributed by atoms with E-state index in [2.05, 4.69) is 25.0 Å². The molecule has 0 N–H and O–H groups in total. The van der Waals surface area contributed by atoms with Gasteiger partial charge in [-0.25, -0.2) is 0 Å². The van der Waals surface area contributed by atoms with E-state index >= 15 is 0 Å². The van der Waals surface area contributed by atoms with Crippen molar-refractivity contribution in [2.24, 2.45) is 0 Å². The smallest absolute Gasteiger partial charge is 0.404 e. The highest BCUT2D eigenvalue weighted by Crippen LogP contribution is 2.34. The van der Waals surface area contributed by atoms with Gasteiger partial charge in [0.15, 0.2) is 5.82 Å². The molecule has 32 heavy (non-hydrogen) atoms. The average Bonchev–Trinajstić information content (AvgIpc) is 3.38. The van der Waals surface area contributed by atoms with Crippen LogP contribution in [0.1, 0.15) is 36.4 Å². The van der Waals surface area contributed by atoms with E-state index in [1.807, 2.05) is 0 Å². The van der Waals surface area contributed by atoms with Gasteiger partial charge in [0.1, 0.15) is 12.2 Å². The van der Waals surface area contributed by atoms with Crippen LogP contribution in [-0.4, -0.2) is 50.5 Å². The summed E-state index contributed by atoms with van der Waals surface area (Å²) in [6.07, 6.45) is -3.65. The lowest BCUT2D eigenvalue weighted by molar-refractivity contribution is -0.274. The second-order valence-corrected chi connectivity index (χ2v) is 7.62. The Morgan fingerprint density at radius 2 is 1.97 bits per heavy atom. The summed E-state index contributed by atoms with van der Waals surface area (Å²) in [6.45, 7) is 2.65. The van der Waals surface area contributed by atoms with Crippen LogP contribution in [0.4, 0.5) is 13.2 Å². The van der Waals surface area contributed by atoms with Crippen molar-refractivity contribution in [3.8, 4) is 17.1 Å². The third-order valence-electron chi connectivity index (χ3n) is 4.93. The highest BCUT2D eigenvalue weighted by Gasteiger charge is 2.33. The Balaban J connectivity index is 1.38. The van der Waals surface area contributed by atoms with Crippen LogP contribution >= 0.6 is 11.6 Å². The highest BCUT2D eigenvalue weighted by molar-refractivity contribution is 6.32. The average molecular weight is 472 g/mol. The third-order valence-corrected chi connectivity index (χ3v) is 5.24. The van der Waals surface area contributed by atoms with E-state index < -0.39 is 12.1 Å². The van der Waals surface area contributed by atoms with Gasteiger partial charge in [-0.2, -0.15) is 9.97 Å². The van der Waals surface area contributed by atoms with Crippen LogP contribution in [0.5, 0.6) is 5.75 Å². The van der Waals surface area contributed by atoms with E-state index in [4.69, 9.17) is 20.6 Å². The van der Waals surface area contributed by atoms with Crippen LogP contribution in [0.3, 0.4) is 0 Å². The number of benzene rings is 1. The van der Waals surface area contributed by atoms with Gasteiger partial charge in [-0.1, -0.05) is 21.9 Å². The molecule has 1 aliphatic rings. The van der Waals surface area contributed by atoms with E-state index in [-0.39, 0.29) is 40.5 Å². The van der Waals surface area contributed by atoms with Crippen molar-refractivity contribution in [3.63, 3.8) is 0 Å². The number of alkyl halides is 3. The summed E-state index contributed by atoms with van der Waals surface area (Å²) in [5.41, 5.74) is 0.270. The molecule has 9 nitrogen and oxygen atoms in total. The molecule has 0 aliphatic carbocycles. The molecule has 2 aromatic heterocycles. The standard InChI is InChI=1S/C19H17ClF3N5O4/c1-10-24-15(31-26-10)9-16(29)28-6-4-11(5-7-28)18-25-17(27-32-18)12-2-3-13(20)14(8-12)30-19(21,22)23/h2-3,8,11H,4-7,9H2,1H3. The molecule has 1 amide bonds. The van der Waals surface area contributed by atoms with Gasteiger partial charge < -0.3 is 18.7 Å². The number of carbonyl (C=O) groups excluding carboxylic acids is 1. The second kappa shape index (κ2) is 8.77. The molecule has 13 heteroatoms. The molecule has 0 radical (unpaired) electrons. The van der Waals surface area contributed by atoms with E-state index in [0.29, 0.717) is 37.6 Å². The number of likely N-dealkylation sites (tertiary alicyclic amines) is 1. The Bertz CT molecular complexity index is 1110. The monoisotopic (exact) mass is 471 g/mol. The number of nitrogens with zero attached hydrogens (tertiary/aromatic N) is 5. The highest BCUT2D eigenvalue weighted by atomic mass is 35.5. The number of halogens is 4. The largest absolute Gasteiger partial charge is 0.573 e. The van der Waals surface area contributed by atoms with Crippen molar-refractivity contribution >= 4 is 17.5 Å². The van der Waals surface area contributed by atoms with Crippen LogP contribution in [0.15, 0.2) is 27.2 Å². The van der Waals surface area contributed by atoms with Gasteiger partial charge in [-0.15, -0.1) is 13.2 Å². The molecule has 4 rings (SSSR count). The second-order valence-electron chi connectivity index (χ2n) is 7.22. The fraction of sp³-hybridized carbons (Fsp3) is 0.421. The predicted molar refractivity (Wildman–Crippen MR) is 103 cm³/mol. The summed E-state index contributed by atoms with van der Waals surface area (Å²) < 4.78 is 51.9. The van der Waals surface area contributed by atoms with Crippen molar-refractivity contribution in [2.45, 2.75) is 38.5 Å². The number of hydrogen-bond donors (Lipinski definition) is 0. The Morgan fingerprint density at radius 3 is 2.62 bits per heavy atom. The van der Waals surface area contributed by atoms with E-state index in [9.17, 15) is 18.0 Å². The van der Waals surface area contributed by atoms with Gasteiger partial charge in [0, 0.05) is 24.6 Å². The van der Waals surface area contributed by atoms with Crippen LogP contribution in [-0.2, 0) is 11.2 Å². The first-order valence-corrected chi connectivity index (χ1v) is 10.0. The minimum absolute atomic E-state index is 0.0368. The number of ether oxygens (including phenoxy) is 1. The Morgan fingerprint density at radius 1 is 1.22 bits per heavy atom. The zero-order valence-corrected chi connectivity index (χ0v) is 17.5. The number of hydrogen-bond acceptors (Lipinski definition) is 8. The first-order chi connectivity index (χ1) is 15.2. The van der Waals surface area contributed by atoms with E-state index in [0.717, 1.165) is 6.07 Å². The molecule has 3 aromatic rings. The molecule has 1 aromatic carbocycles. The Labute approximate surface area is 184 Å². The fourth-order valence-corrected chi connectivity index (χ4v) is 3.55. The van der Waals surface area contributed by atoms with Crippen molar-refractivity contribution < 1.29 is 31.7 Å². The van der Waals surface area contributed by atoms with Gasteiger partial charge >= 0.3 is 6.36 Å². The number of aryl methyl sites for hydroxylation is 1. The molecular weight excluding hydrogens is 455 g/mol. The third kappa shape index (κ3) is 5.18. The molecule has 1 fully saturated rings. The molecule has 0 unspecified atom stereocenters. The maximum Gasteiger partial charge on any atom is 0.573 e. The maximum atomic E-state index is 12.5. The summed E-state index contributed by atoms with van der Waals surface area (Å²) in [4.78, 5) is 22.5. The summed E-state index contributed by atoms with van der Waals surface area (Å²) in [5, 5.41) is 7.34. The number of amides is 1. The number of piperidine rings is 1. The number of carbonyl (C=O) groups is 1. The molecule has 0 atom stereocenters. The zero-order valence-electron chi connectivity index (χ0n) is 16.7. The summed E-state index contributed by atoms with van der Waals surface area (Å²) in [6, 6.07) is 3.84. The van der Waals surface area contributed by atoms with E-state index in [1.54, 1.807) is 11.8 Å². The lowest BCUT2D eigenvalue weighted by Gasteiger charge is -2.30. The van der Waals surface area contributed by atoms with Crippen molar-refractivity contribution in [1.82, 2.24) is 25.2 Å². The predicted octanol–water partition coefficient (Wildman–Crippen LogP) is 3.93. The van der Waals surface area contributed by atoms with E-state index in [1.165, 1.54) is 12.1 Å². The molecular formula is C19H17ClF3N5O4. The topological polar surface area (TPSA) is 107 Å². The lowest BCUT2D eigenvalue weighted by atomic mass is 9.96. The van der Waals surface area contributed by atoms with Gasteiger partial charge in [0.05, 0.1) is 5.02 Å². The van der Waals surface area contributed by atoms with Gasteiger partial charge in [0.2, 0.25) is 23.5 Å². The van der Waals surface area contributed by atoms with Crippen LogP contribution in [0.2, 0.25) is 5.02 Å². The quantitative estimate of drug-likeness (QED) is 0.551. The van der Waals surface area contributed by atoms with Crippen molar-refractivity contribution in [3.05, 3.63) is 40.8 Å². The fourth-order valence-electron chi connectivity index (χ4n) is 3.39.